The second kappa shape index (κ2) is 7.40. The quantitative estimate of drug-likeness (QED) is 0.748. The zero-order valence-electron chi connectivity index (χ0n) is 13.8. The molecule has 0 saturated carbocycles. The van der Waals surface area contributed by atoms with Gasteiger partial charge in [-0.2, -0.15) is 0 Å². The van der Waals surface area contributed by atoms with Crippen LogP contribution in [0.3, 0.4) is 0 Å². The number of carbonyl (C=O) groups is 1. The van der Waals surface area contributed by atoms with Crippen molar-refractivity contribution in [3.63, 3.8) is 0 Å². The van der Waals surface area contributed by atoms with Gasteiger partial charge in [-0.05, 0) is 11.1 Å². The van der Waals surface area contributed by atoms with Crippen LogP contribution >= 0.6 is 11.3 Å². The third kappa shape index (κ3) is 4.08. The average molecular weight is 340 g/mol. The molecule has 0 aliphatic carbocycles. The zero-order valence-corrected chi connectivity index (χ0v) is 14.6. The van der Waals surface area contributed by atoms with Crippen molar-refractivity contribution in [1.82, 2.24) is 19.9 Å². The first-order valence-corrected chi connectivity index (χ1v) is 8.71. The predicted octanol–water partition coefficient (Wildman–Crippen LogP) is 3.44. The summed E-state index contributed by atoms with van der Waals surface area (Å²) in [6.07, 6.45) is 7.16. The van der Waals surface area contributed by atoms with Crippen molar-refractivity contribution in [2.24, 2.45) is 0 Å². The maximum atomic E-state index is 12.2. The number of nitrogens with zero attached hydrogens (tertiary/aromatic N) is 3. The molecule has 0 bridgehead atoms. The van der Waals surface area contributed by atoms with Crippen molar-refractivity contribution in [3.8, 4) is 0 Å². The highest BCUT2D eigenvalue weighted by Crippen LogP contribution is 2.21. The number of hydrogen-bond acceptors (Lipinski definition) is 4. The van der Waals surface area contributed by atoms with Gasteiger partial charge in [0.05, 0.1) is 17.5 Å². The summed E-state index contributed by atoms with van der Waals surface area (Å²) < 4.78 is 2.02. The van der Waals surface area contributed by atoms with Gasteiger partial charge in [0.2, 0.25) is 0 Å². The molecule has 0 unspecified atom stereocenters. The normalized spacial score (nSPS) is 11.0. The van der Waals surface area contributed by atoms with Crippen molar-refractivity contribution >= 4 is 17.2 Å². The number of amides is 1. The van der Waals surface area contributed by atoms with Crippen LogP contribution < -0.4 is 5.32 Å². The van der Waals surface area contributed by atoms with Crippen LogP contribution in [0.15, 0.2) is 49.2 Å². The van der Waals surface area contributed by atoms with E-state index >= 15 is 0 Å². The molecule has 2 heterocycles. The van der Waals surface area contributed by atoms with Crippen LogP contribution in [0.4, 0.5) is 0 Å². The molecule has 0 aliphatic heterocycles. The molecule has 0 aliphatic rings. The summed E-state index contributed by atoms with van der Waals surface area (Å²) in [6, 6.07) is 8.21. The monoisotopic (exact) mass is 340 g/mol. The van der Waals surface area contributed by atoms with E-state index in [0.717, 1.165) is 17.1 Å². The lowest BCUT2D eigenvalue weighted by Gasteiger charge is -2.07. The third-order valence-corrected chi connectivity index (χ3v) is 4.91. The number of thiazole rings is 1. The van der Waals surface area contributed by atoms with Crippen LogP contribution in [0.5, 0.6) is 0 Å². The first kappa shape index (κ1) is 16.4. The first-order valence-electron chi connectivity index (χ1n) is 7.89. The Morgan fingerprint density at radius 3 is 2.88 bits per heavy atom. The van der Waals surface area contributed by atoms with E-state index < -0.39 is 0 Å². The number of carbonyl (C=O) groups excluding carboxylic acids is 1. The smallest absolute Gasteiger partial charge is 0.263 e. The lowest BCUT2D eigenvalue weighted by atomic mass is 10.1. The molecule has 0 spiro atoms. The highest BCUT2D eigenvalue weighted by molar-refractivity contribution is 7.13. The Kier molecular flexibility index (Phi) is 5.05. The van der Waals surface area contributed by atoms with E-state index in [2.05, 4.69) is 41.3 Å². The molecule has 5 nitrogen and oxygen atoms in total. The minimum Gasteiger partial charge on any atom is -0.347 e. The molecule has 124 valence electrons. The van der Waals surface area contributed by atoms with Gasteiger partial charge in [-0.3, -0.25) is 4.79 Å². The summed E-state index contributed by atoms with van der Waals surface area (Å²) in [5.41, 5.74) is 2.26. The van der Waals surface area contributed by atoms with E-state index in [9.17, 15) is 4.79 Å². The molecule has 3 rings (SSSR count). The van der Waals surface area contributed by atoms with Gasteiger partial charge in [-0.25, -0.2) is 9.97 Å². The molecule has 0 saturated heterocycles. The molecule has 0 radical (unpaired) electrons. The zero-order chi connectivity index (χ0) is 16.9. The minimum absolute atomic E-state index is 0.0700. The second-order valence-electron chi connectivity index (χ2n) is 5.96. The van der Waals surface area contributed by atoms with Crippen molar-refractivity contribution in [3.05, 3.63) is 70.2 Å². The van der Waals surface area contributed by atoms with Gasteiger partial charge in [-0.1, -0.05) is 38.1 Å². The number of aromatic nitrogens is 3. The minimum atomic E-state index is -0.0700. The maximum absolute atomic E-state index is 12.2. The second-order valence-corrected chi connectivity index (χ2v) is 7.02. The van der Waals surface area contributed by atoms with Gasteiger partial charge in [0.25, 0.3) is 5.91 Å². The highest BCUT2D eigenvalue weighted by atomic mass is 32.1. The number of hydrogen-bond donors (Lipinski definition) is 1. The largest absolute Gasteiger partial charge is 0.347 e. The third-order valence-electron chi connectivity index (χ3n) is 3.61. The van der Waals surface area contributed by atoms with E-state index in [0.29, 0.717) is 17.3 Å². The number of rotatable bonds is 6. The number of benzene rings is 1. The number of imidazole rings is 1. The summed E-state index contributed by atoms with van der Waals surface area (Å²) in [7, 11) is 0. The first-order chi connectivity index (χ1) is 11.6. The summed E-state index contributed by atoms with van der Waals surface area (Å²) in [5.74, 6) is 0.274. The summed E-state index contributed by atoms with van der Waals surface area (Å²) >= 11 is 1.46. The van der Waals surface area contributed by atoms with Gasteiger partial charge in [0, 0.05) is 31.4 Å². The molecule has 0 fully saturated rings. The summed E-state index contributed by atoms with van der Waals surface area (Å²) in [6.45, 7) is 5.43. The van der Waals surface area contributed by atoms with Crippen LogP contribution in [0.1, 0.15) is 45.6 Å². The summed E-state index contributed by atoms with van der Waals surface area (Å²) in [4.78, 5) is 21.2. The summed E-state index contributed by atoms with van der Waals surface area (Å²) in [5, 5.41) is 3.95. The molecular weight excluding hydrogens is 320 g/mol. The van der Waals surface area contributed by atoms with Crippen LogP contribution in [0, 0.1) is 0 Å². The Hall–Kier alpha value is -2.47. The fourth-order valence-electron chi connectivity index (χ4n) is 2.36. The molecule has 2 aromatic heterocycles. The van der Waals surface area contributed by atoms with Crippen LogP contribution in [-0.2, 0) is 13.1 Å². The van der Waals surface area contributed by atoms with E-state index in [1.807, 2.05) is 22.9 Å². The Bertz CT molecular complexity index is 808. The van der Waals surface area contributed by atoms with E-state index in [1.165, 1.54) is 16.9 Å². The molecule has 3 aromatic rings. The van der Waals surface area contributed by atoms with Gasteiger partial charge in [-0.15, -0.1) is 11.3 Å². The molecule has 24 heavy (non-hydrogen) atoms. The standard InChI is InChI=1S/C18H20N4OS/c1-13(2)18-21-10-16(24-18)17(23)20-9-14-4-3-5-15(8-14)11-22-7-6-19-12-22/h3-8,10,12-13H,9,11H2,1-2H3,(H,20,23). The van der Waals surface area contributed by atoms with E-state index in [1.54, 1.807) is 18.7 Å². The molecule has 6 heteroatoms. The van der Waals surface area contributed by atoms with Crippen LogP contribution in [0.25, 0.3) is 0 Å². The molecule has 1 amide bonds. The highest BCUT2D eigenvalue weighted by Gasteiger charge is 2.12. The van der Waals surface area contributed by atoms with Crippen LogP contribution in [0.2, 0.25) is 0 Å². The molecule has 0 atom stereocenters. The fourth-order valence-corrected chi connectivity index (χ4v) is 3.19. The molecule has 1 N–H and O–H groups in total. The molecule has 1 aromatic carbocycles. The Labute approximate surface area is 145 Å². The van der Waals surface area contributed by atoms with Crippen LogP contribution in [-0.4, -0.2) is 20.4 Å². The topological polar surface area (TPSA) is 59.8 Å². The predicted molar refractivity (Wildman–Crippen MR) is 95.1 cm³/mol. The van der Waals surface area contributed by atoms with Crippen molar-refractivity contribution in [2.75, 3.05) is 0 Å². The van der Waals surface area contributed by atoms with E-state index in [4.69, 9.17) is 0 Å². The van der Waals surface area contributed by atoms with Crippen molar-refractivity contribution < 1.29 is 4.79 Å². The maximum Gasteiger partial charge on any atom is 0.263 e. The van der Waals surface area contributed by atoms with Crippen molar-refractivity contribution in [1.29, 1.82) is 0 Å². The Morgan fingerprint density at radius 2 is 2.17 bits per heavy atom. The van der Waals surface area contributed by atoms with E-state index in [-0.39, 0.29) is 5.91 Å². The lowest BCUT2D eigenvalue weighted by molar-refractivity contribution is 0.0954. The average Bonchev–Trinajstić information content (AvgIpc) is 3.24. The van der Waals surface area contributed by atoms with Gasteiger partial charge in [0.15, 0.2) is 0 Å². The lowest BCUT2D eigenvalue weighted by Crippen LogP contribution is -2.21. The Morgan fingerprint density at radius 1 is 1.33 bits per heavy atom. The van der Waals surface area contributed by atoms with Gasteiger partial charge in [0.1, 0.15) is 4.88 Å². The number of nitrogens with one attached hydrogen (secondary N) is 1. The van der Waals surface area contributed by atoms with Gasteiger partial charge < -0.3 is 9.88 Å². The molecular formula is C18H20N4OS. The van der Waals surface area contributed by atoms with Crippen molar-refractivity contribution in [2.45, 2.75) is 32.9 Å². The fraction of sp³-hybridized carbons (Fsp3) is 0.278. The van der Waals surface area contributed by atoms with Gasteiger partial charge >= 0.3 is 0 Å². The SMILES string of the molecule is CC(C)c1ncc(C(=O)NCc2cccc(Cn3ccnc3)c2)s1. The Balaban J connectivity index is 1.60.